The van der Waals surface area contributed by atoms with Crippen LogP contribution in [0, 0.1) is 0 Å². The van der Waals surface area contributed by atoms with Crippen molar-refractivity contribution in [2.45, 2.75) is 6.36 Å². The third-order valence-electron chi connectivity index (χ3n) is 4.08. The summed E-state index contributed by atoms with van der Waals surface area (Å²) in [4.78, 5) is 13.3. The topological polar surface area (TPSA) is 59.9 Å². The van der Waals surface area contributed by atoms with E-state index < -0.39 is 6.36 Å². The number of benzene rings is 2. The van der Waals surface area contributed by atoms with E-state index in [0.717, 1.165) is 11.1 Å². The van der Waals surface area contributed by atoms with Gasteiger partial charge in [-0.2, -0.15) is 0 Å². The monoisotopic (exact) mass is 408 g/mol. The summed E-state index contributed by atoms with van der Waals surface area (Å²) < 4.78 is 40.9. The van der Waals surface area contributed by atoms with E-state index in [1.165, 1.54) is 24.3 Å². The van der Waals surface area contributed by atoms with Crippen molar-refractivity contribution < 1.29 is 17.9 Å². The molecule has 0 radical (unpaired) electrons. The van der Waals surface area contributed by atoms with E-state index in [1.54, 1.807) is 18.5 Å². The highest BCUT2D eigenvalue weighted by molar-refractivity contribution is 5.69. The van der Waals surface area contributed by atoms with Crippen LogP contribution in [0.15, 0.2) is 85.2 Å². The van der Waals surface area contributed by atoms with Crippen molar-refractivity contribution in [3.8, 4) is 28.4 Å². The van der Waals surface area contributed by atoms with Crippen molar-refractivity contribution >= 4 is 11.5 Å². The van der Waals surface area contributed by atoms with Crippen molar-refractivity contribution in [2.75, 3.05) is 5.32 Å². The van der Waals surface area contributed by atoms with E-state index in [-0.39, 0.29) is 5.75 Å². The second-order valence-electron chi connectivity index (χ2n) is 6.27. The first-order chi connectivity index (χ1) is 14.5. The molecule has 8 heteroatoms. The molecule has 0 unspecified atom stereocenters. The number of anilines is 2. The molecule has 0 atom stereocenters. The molecule has 0 fully saturated rings. The van der Waals surface area contributed by atoms with Crippen molar-refractivity contribution in [2.24, 2.45) is 0 Å². The summed E-state index contributed by atoms with van der Waals surface area (Å²) in [5.74, 6) is 0.709. The first-order valence-corrected chi connectivity index (χ1v) is 8.94. The molecule has 2 heterocycles. The Morgan fingerprint density at radius 3 is 2.20 bits per heavy atom. The minimum Gasteiger partial charge on any atom is -0.406 e. The lowest BCUT2D eigenvalue weighted by Gasteiger charge is -2.12. The summed E-state index contributed by atoms with van der Waals surface area (Å²) >= 11 is 0. The number of rotatable bonds is 5. The maximum Gasteiger partial charge on any atom is 0.573 e. The molecule has 0 bridgehead atoms. The minimum absolute atomic E-state index is 0.295. The quantitative estimate of drug-likeness (QED) is 0.449. The fourth-order valence-corrected chi connectivity index (χ4v) is 2.78. The predicted molar refractivity (Wildman–Crippen MR) is 107 cm³/mol. The number of nitrogens with zero attached hydrogens (tertiary/aromatic N) is 3. The van der Waals surface area contributed by atoms with Crippen LogP contribution in [0.25, 0.3) is 22.6 Å². The van der Waals surface area contributed by atoms with Gasteiger partial charge in [-0.1, -0.05) is 30.3 Å². The molecule has 1 N–H and O–H groups in total. The lowest BCUT2D eigenvalue weighted by atomic mass is 10.1. The van der Waals surface area contributed by atoms with E-state index in [9.17, 15) is 13.2 Å². The second kappa shape index (κ2) is 8.20. The fraction of sp³-hybridized carbons (Fsp3) is 0.0455. The van der Waals surface area contributed by atoms with Crippen LogP contribution in [-0.2, 0) is 0 Å². The zero-order chi connectivity index (χ0) is 21.0. The Hall–Kier alpha value is -3.94. The number of aromatic nitrogens is 3. The summed E-state index contributed by atoms with van der Waals surface area (Å²) in [5, 5.41) is 3.11. The molecule has 0 spiro atoms. The van der Waals surface area contributed by atoms with Gasteiger partial charge in [-0.05, 0) is 36.4 Å². The molecule has 0 aliphatic heterocycles. The molecular formula is C22H15F3N4O. The van der Waals surface area contributed by atoms with Gasteiger partial charge in [0.1, 0.15) is 11.6 Å². The summed E-state index contributed by atoms with van der Waals surface area (Å²) in [5.41, 5.74) is 2.87. The van der Waals surface area contributed by atoms with E-state index in [0.29, 0.717) is 23.0 Å². The number of pyridine rings is 1. The molecule has 0 saturated heterocycles. The van der Waals surface area contributed by atoms with Crippen LogP contribution in [0.5, 0.6) is 5.75 Å². The van der Waals surface area contributed by atoms with Crippen molar-refractivity contribution in [3.63, 3.8) is 0 Å². The second-order valence-corrected chi connectivity index (χ2v) is 6.27. The molecule has 30 heavy (non-hydrogen) atoms. The number of halogens is 3. The van der Waals surface area contributed by atoms with Crippen LogP contribution in [0.2, 0.25) is 0 Å². The molecule has 0 saturated carbocycles. The van der Waals surface area contributed by atoms with Crippen LogP contribution < -0.4 is 10.1 Å². The molecule has 0 aliphatic carbocycles. The predicted octanol–water partition coefficient (Wildman–Crippen LogP) is 5.85. The Bertz CT molecular complexity index is 1060. The average Bonchev–Trinajstić information content (AvgIpc) is 2.75. The van der Waals surface area contributed by atoms with Crippen LogP contribution in [0.1, 0.15) is 0 Å². The number of ether oxygens (including phenoxy) is 1. The summed E-state index contributed by atoms with van der Waals surface area (Å²) in [6.45, 7) is 0. The molecule has 4 rings (SSSR count). The Labute approximate surface area is 170 Å². The SMILES string of the molecule is FC(F)(F)Oc1ccc(Nc2cc(-c3cccnc3)nc(-c3ccccc3)n2)cc1. The van der Waals surface area contributed by atoms with Crippen molar-refractivity contribution in [1.29, 1.82) is 0 Å². The van der Waals surface area contributed by atoms with Crippen LogP contribution in [-0.4, -0.2) is 21.3 Å². The Kier molecular flexibility index (Phi) is 5.30. The van der Waals surface area contributed by atoms with Crippen molar-refractivity contribution in [1.82, 2.24) is 15.0 Å². The molecule has 4 aromatic rings. The van der Waals surface area contributed by atoms with Gasteiger partial charge in [0, 0.05) is 35.3 Å². The Balaban J connectivity index is 1.67. The van der Waals surface area contributed by atoms with Gasteiger partial charge < -0.3 is 10.1 Å². The van der Waals surface area contributed by atoms with Crippen LogP contribution in [0.4, 0.5) is 24.7 Å². The molecule has 5 nitrogen and oxygen atoms in total. The van der Waals surface area contributed by atoms with Gasteiger partial charge in [-0.15, -0.1) is 13.2 Å². The van der Waals surface area contributed by atoms with Crippen molar-refractivity contribution in [3.05, 3.63) is 85.2 Å². The molecule has 2 aromatic heterocycles. The summed E-state index contributed by atoms with van der Waals surface area (Å²) in [6.07, 6.45) is -1.36. The minimum atomic E-state index is -4.73. The average molecular weight is 408 g/mol. The molecule has 150 valence electrons. The molecule has 2 aromatic carbocycles. The van der Waals surface area contributed by atoms with Gasteiger partial charge in [0.15, 0.2) is 5.82 Å². The lowest BCUT2D eigenvalue weighted by Crippen LogP contribution is -2.16. The van der Waals surface area contributed by atoms with E-state index in [1.807, 2.05) is 42.5 Å². The maximum absolute atomic E-state index is 12.3. The zero-order valence-electron chi connectivity index (χ0n) is 15.5. The zero-order valence-corrected chi connectivity index (χ0v) is 15.5. The van der Waals surface area contributed by atoms with Gasteiger partial charge in [-0.25, -0.2) is 9.97 Å². The Morgan fingerprint density at radius 1 is 0.800 bits per heavy atom. The van der Waals surface area contributed by atoms with E-state index in [4.69, 9.17) is 0 Å². The van der Waals surface area contributed by atoms with Crippen LogP contribution in [0.3, 0.4) is 0 Å². The normalized spacial score (nSPS) is 11.2. The van der Waals surface area contributed by atoms with E-state index >= 15 is 0 Å². The third-order valence-corrected chi connectivity index (χ3v) is 4.08. The van der Waals surface area contributed by atoms with Gasteiger partial charge in [0.25, 0.3) is 0 Å². The highest BCUT2D eigenvalue weighted by Crippen LogP contribution is 2.28. The number of hydrogen-bond acceptors (Lipinski definition) is 5. The first-order valence-electron chi connectivity index (χ1n) is 8.94. The van der Waals surface area contributed by atoms with Gasteiger partial charge >= 0.3 is 6.36 Å². The van der Waals surface area contributed by atoms with Gasteiger partial charge in [0.05, 0.1) is 5.69 Å². The van der Waals surface area contributed by atoms with Crippen LogP contribution >= 0.6 is 0 Å². The first kappa shape index (κ1) is 19.4. The molecule has 0 amide bonds. The lowest BCUT2D eigenvalue weighted by molar-refractivity contribution is -0.274. The Morgan fingerprint density at radius 2 is 1.53 bits per heavy atom. The third kappa shape index (κ3) is 4.91. The fourth-order valence-electron chi connectivity index (χ4n) is 2.78. The summed E-state index contributed by atoms with van der Waals surface area (Å²) in [7, 11) is 0. The number of alkyl halides is 3. The standard InChI is InChI=1S/C22H15F3N4O/c23-22(24,25)30-18-10-8-17(9-11-18)27-20-13-19(16-7-4-12-26-14-16)28-21(29-20)15-5-2-1-3-6-15/h1-14H,(H,27,28,29). The molecule has 0 aliphatic rings. The number of hydrogen-bond donors (Lipinski definition) is 1. The highest BCUT2D eigenvalue weighted by atomic mass is 19.4. The highest BCUT2D eigenvalue weighted by Gasteiger charge is 2.30. The summed E-state index contributed by atoms with van der Waals surface area (Å²) in [6, 6.07) is 20.4. The van der Waals surface area contributed by atoms with Gasteiger partial charge in [0.2, 0.25) is 0 Å². The smallest absolute Gasteiger partial charge is 0.406 e. The van der Waals surface area contributed by atoms with E-state index in [2.05, 4.69) is 25.0 Å². The number of nitrogens with one attached hydrogen (secondary N) is 1. The largest absolute Gasteiger partial charge is 0.573 e. The van der Waals surface area contributed by atoms with Gasteiger partial charge in [-0.3, -0.25) is 4.98 Å². The maximum atomic E-state index is 12.3. The molecular weight excluding hydrogens is 393 g/mol.